The number of nitrogens with two attached hydrogens (primary N) is 1. The van der Waals surface area contributed by atoms with Gasteiger partial charge in [0, 0.05) is 31.2 Å². The second kappa shape index (κ2) is 7.36. The van der Waals surface area contributed by atoms with E-state index in [9.17, 15) is 22.4 Å². The van der Waals surface area contributed by atoms with Crippen molar-refractivity contribution in [3.63, 3.8) is 0 Å². The van der Waals surface area contributed by atoms with Crippen LogP contribution in [0.1, 0.15) is 21.5 Å². The summed E-state index contributed by atoms with van der Waals surface area (Å²) in [4.78, 5) is 22.5. The summed E-state index contributed by atoms with van der Waals surface area (Å²) in [5.41, 5.74) is -0.910. The van der Waals surface area contributed by atoms with Gasteiger partial charge in [0.2, 0.25) is 0 Å². The molecule has 0 fully saturated rings. The number of alkyl halides is 3. The van der Waals surface area contributed by atoms with Crippen molar-refractivity contribution in [3.05, 3.63) is 53.2 Å². The first-order chi connectivity index (χ1) is 11.8. The van der Waals surface area contributed by atoms with Gasteiger partial charge in [-0.3, -0.25) is 4.79 Å². The number of rotatable bonds is 5. The number of carbonyl (C=O) groups excluding carboxylic acids is 1. The number of halogens is 4. The Bertz CT molecular complexity index is 791. The first kappa shape index (κ1) is 18.5. The van der Waals surface area contributed by atoms with E-state index in [2.05, 4.69) is 14.9 Å². The van der Waals surface area contributed by atoms with Gasteiger partial charge in [-0.05, 0) is 23.8 Å². The van der Waals surface area contributed by atoms with Crippen molar-refractivity contribution >= 4 is 12.4 Å². The van der Waals surface area contributed by atoms with Gasteiger partial charge in [-0.1, -0.05) is 0 Å². The molecule has 132 valence electrons. The minimum absolute atomic E-state index is 0.0230. The Morgan fingerprint density at radius 3 is 2.36 bits per heavy atom. The SMILES string of the molecule is CN(/C=C\c1cc(-c2ncc(C(F)(F)F)cn2)c(F)cc1C=O)ON. The Hall–Kier alpha value is -2.85. The lowest BCUT2D eigenvalue weighted by molar-refractivity contribution is -0.138. The fourth-order valence-corrected chi connectivity index (χ4v) is 1.86. The van der Waals surface area contributed by atoms with Crippen LogP contribution < -0.4 is 5.90 Å². The average molecular weight is 356 g/mol. The lowest BCUT2D eigenvalue weighted by atomic mass is 10.0. The van der Waals surface area contributed by atoms with Gasteiger partial charge in [-0.25, -0.2) is 19.4 Å². The number of hydroxylamine groups is 2. The number of aldehydes is 1. The maximum atomic E-state index is 14.2. The van der Waals surface area contributed by atoms with Crippen molar-refractivity contribution in [1.82, 2.24) is 15.0 Å². The van der Waals surface area contributed by atoms with E-state index in [4.69, 9.17) is 5.90 Å². The van der Waals surface area contributed by atoms with E-state index in [0.29, 0.717) is 18.7 Å². The molecule has 0 aliphatic rings. The molecule has 2 N–H and O–H groups in total. The van der Waals surface area contributed by atoms with Crippen molar-refractivity contribution in [3.8, 4) is 11.4 Å². The second-order valence-electron chi connectivity index (χ2n) is 4.84. The predicted octanol–water partition coefficient (Wildman–Crippen LogP) is 2.82. The van der Waals surface area contributed by atoms with Gasteiger partial charge in [-0.2, -0.15) is 24.0 Å². The van der Waals surface area contributed by atoms with Crippen molar-refractivity contribution in [2.75, 3.05) is 7.05 Å². The number of hydrogen-bond donors (Lipinski definition) is 1. The average Bonchev–Trinajstić information content (AvgIpc) is 2.59. The molecule has 1 aromatic heterocycles. The highest BCUT2D eigenvalue weighted by molar-refractivity contribution is 5.83. The summed E-state index contributed by atoms with van der Waals surface area (Å²) in [6.45, 7) is 0. The third-order valence-electron chi connectivity index (χ3n) is 3.15. The molecule has 2 rings (SSSR count). The summed E-state index contributed by atoms with van der Waals surface area (Å²) in [6, 6.07) is 2.18. The molecular formula is C15H12F4N4O2. The Balaban J connectivity index is 2.47. The smallest absolute Gasteiger partial charge is 0.298 e. The third-order valence-corrected chi connectivity index (χ3v) is 3.15. The summed E-state index contributed by atoms with van der Waals surface area (Å²) in [7, 11) is 1.47. The highest BCUT2D eigenvalue weighted by atomic mass is 19.4. The van der Waals surface area contributed by atoms with Gasteiger partial charge >= 0.3 is 6.18 Å². The molecule has 0 bridgehead atoms. The van der Waals surface area contributed by atoms with Crippen LogP contribution in [0.4, 0.5) is 17.6 Å². The van der Waals surface area contributed by atoms with Gasteiger partial charge in [0.25, 0.3) is 0 Å². The first-order valence-corrected chi connectivity index (χ1v) is 6.72. The molecule has 0 atom stereocenters. The van der Waals surface area contributed by atoms with E-state index in [1.165, 1.54) is 25.4 Å². The molecule has 0 aliphatic heterocycles. The first-order valence-electron chi connectivity index (χ1n) is 6.72. The lowest BCUT2D eigenvalue weighted by Crippen LogP contribution is -2.15. The van der Waals surface area contributed by atoms with E-state index in [1.807, 2.05) is 0 Å². The van der Waals surface area contributed by atoms with Crippen LogP contribution in [0.5, 0.6) is 0 Å². The Morgan fingerprint density at radius 1 is 1.20 bits per heavy atom. The highest BCUT2D eigenvalue weighted by Gasteiger charge is 2.31. The van der Waals surface area contributed by atoms with Crippen LogP contribution >= 0.6 is 0 Å². The molecule has 0 unspecified atom stereocenters. The highest BCUT2D eigenvalue weighted by Crippen LogP contribution is 2.29. The molecule has 25 heavy (non-hydrogen) atoms. The van der Waals surface area contributed by atoms with Gasteiger partial charge in [0.15, 0.2) is 12.1 Å². The predicted molar refractivity (Wildman–Crippen MR) is 79.9 cm³/mol. The van der Waals surface area contributed by atoms with Crippen LogP contribution in [0.3, 0.4) is 0 Å². The zero-order chi connectivity index (χ0) is 18.6. The number of nitrogens with zero attached hydrogens (tertiary/aromatic N) is 3. The van der Waals surface area contributed by atoms with Crippen LogP contribution in [-0.4, -0.2) is 28.4 Å². The van der Waals surface area contributed by atoms with Gasteiger partial charge < -0.3 is 0 Å². The Morgan fingerprint density at radius 2 is 1.84 bits per heavy atom. The molecule has 0 amide bonds. The van der Waals surface area contributed by atoms with Crippen molar-refractivity contribution < 1.29 is 27.3 Å². The molecule has 6 nitrogen and oxygen atoms in total. The Labute approximate surface area is 139 Å². The van der Waals surface area contributed by atoms with Crippen LogP contribution in [0.2, 0.25) is 0 Å². The summed E-state index contributed by atoms with van der Waals surface area (Å²) in [5, 5.41) is 1.12. The summed E-state index contributed by atoms with van der Waals surface area (Å²) in [6.07, 6.45) is -0.286. The topological polar surface area (TPSA) is 81.3 Å². The quantitative estimate of drug-likeness (QED) is 0.504. The molecule has 0 saturated heterocycles. The molecule has 1 heterocycles. The third kappa shape index (κ3) is 4.37. The minimum atomic E-state index is -4.60. The lowest BCUT2D eigenvalue weighted by Gasteiger charge is -2.10. The van der Waals surface area contributed by atoms with E-state index in [0.717, 1.165) is 11.1 Å². The molecule has 2 aromatic rings. The van der Waals surface area contributed by atoms with Gasteiger partial charge in [-0.15, -0.1) is 0 Å². The number of hydrogen-bond acceptors (Lipinski definition) is 6. The summed E-state index contributed by atoms with van der Waals surface area (Å²) < 4.78 is 51.8. The van der Waals surface area contributed by atoms with Gasteiger partial charge in [0.1, 0.15) is 5.82 Å². The fourth-order valence-electron chi connectivity index (χ4n) is 1.86. The molecular weight excluding hydrogens is 344 g/mol. The Kier molecular flexibility index (Phi) is 5.45. The van der Waals surface area contributed by atoms with Crippen LogP contribution in [0.15, 0.2) is 30.7 Å². The van der Waals surface area contributed by atoms with E-state index in [1.54, 1.807) is 0 Å². The number of aromatic nitrogens is 2. The monoisotopic (exact) mass is 356 g/mol. The molecule has 0 aliphatic carbocycles. The molecule has 0 radical (unpaired) electrons. The van der Waals surface area contributed by atoms with E-state index >= 15 is 0 Å². The van der Waals surface area contributed by atoms with Crippen LogP contribution in [0.25, 0.3) is 17.5 Å². The normalized spacial score (nSPS) is 11.8. The maximum Gasteiger partial charge on any atom is 0.419 e. The van der Waals surface area contributed by atoms with Crippen LogP contribution in [-0.2, 0) is 11.1 Å². The minimum Gasteiger partial charge on any atom is -0.298 e. The number of benzene rings is 1. The van der Waals surface area contributed by atoms with Crippen molar-refractivity contribution in [1.29, 1.82) is 0 Å². The molecule has 1 aromatic carbocycles. The zero-order valence-electron chi connectivity index (χ0n) is 12.8. The van der Waals surface area contributed by atoms with Crippen molar-refractivity contribution in [2.45, 2.75) is 6.18 Å². The second-order valence-corrected chi connectivity index (χ2v) is 4.84. The zero-order valence-corrected chi connectivity index (χ0v) is 12.8. The summed E-state index contributed by atoms with van der Waals surface area (Å²) >= 11 is 0. The molecule has 0 spiro atoms. The molecule has 10 heteroatoms. The standard InChI is InChI=1S/C15H12F4N4O2/c1-23(25-20)3-2-9-4-12(13(16)5-10(9)8-24)14-21-6-11(7-22-14)15(17,18)19/h2-8H,20H2,1H3/b3-2-. The van der Waals surface area contributed by atoms with Crippen LogP contribution in [0, 0.1) is 5.82 Å². The van der Waals surface area contributed by atoms with E-state index in [-0.39, 0.29) is 22.5 Å². The fraction of sp³-hybridized carbons (Fsp3) is 0.133. The van der Waals surface area contributed by atoms with E-state index < -0.39 is 17.6 Å². The van der Waals surface area contributed by atoms with Gasteiger partial charge in [0.05, 0.1) is 11.1 Å². The van der Waals surface area contributed by atoms with Crippen molar-refractivity contribution in [2.24, 2.45) is 5.90 Å². The largest absolute Gasteiger partial charge is 0.419 e. The maximum absolute atomic E-state index is 14.2. The molecule has 0 saturated carbocycles. The summed E-state index contributed by atoms with van der Waals surface area (Å²) in [5.74, 6) is 3.84. The number of carbonyl (C=O) groups is 1.